The number of aromatic nitrogens is 5. The van der Waals surface area contributed by atoms with Crippen LogP contribution in [0.1, 0.15) is 45.2 Å². The van der Waals surface area contributed by atoms with E-state index in [1.165, 1.54) is 39.1 Å². The average Bonchev–Trinajstić information content (AvgIpc) is 3.70. The Balaban J connectivity index is 1.53. The van der Waals surface area contributed by atoms with Crippen LogP contribution in [0.5, 0.6) is 5.75 Å². The molecule has 0 aliphatic carbocycles. The third kappa shape index (κ3) is 6.77. The van der Waals surface area contributed by atoms with Gasteiger partial charge in [0.15, 0.2) is 17.3 Å². The predicted octanol–water partition coefficient (Wildman–Crippen LogP) is 6.36. The lowest BCUT2D eigenvalue weighted by molar-refractivity contribution is -0.144. The first-order chi connectivity index (χ1) is 20.0. The van der Waals surface area contributed by atoms with E-state index in [9.17, 15) is 18.3 Å². The average molecular weight is 605 g/mol. The zero-order chi connectivity index (χ0) is 29.9. The Morgan fingerprint density at radius 2 is 1.79 bits per heavy atom. The summed E-state index contributed by atoms with van der Waals surface area (Å²) in [6.45, 7) is 6.47. The molecule has 0 atom stereocenters. The molecule has 0 unspecified atom stereocenters. The van der Waals surface area contributed by atoms with Crippen LogP contribution in [-0.2, 0) is 12.7 Å². The number of ether oxygens (including phenoxy) is 1. The van der Waals surface area contributed by atoms with Gasteiger partial charge in [-0.05, 0) is 64.8 Å². The summed E-state index contributed by atoms with van der Waals surface area (Å²) in [6.07, 6.45) is 2.55. The summed E-state index contributed by atoms with van der Waals surface area (Å²) >= 11 is 6.78. The molecule has 0 amide bonds. The zero-order valence-corrected chi connectivity index (χ0v) is 24.1. The number of halogens is 4. The van der Waals surface area contributed by atoms with Gasteiger partial charge in [0.2, 0.25) is 0 Å². The van der Waals surface area contributed by atoms with Crippen LogP contribution in [0.25, 0.3) is 34.0 Å². The Morgan fingerprint density at radius 1 is 1.05 bits per heavy atom. The van der Waals surface area contributed by atoms with Crippen LogP contribution >= 0.6 is 11.6 Å². The van der Waals surface area contributed by atoms with Gasteiger partial charge in [-0.2, -0.15) is 18.3 Å². The van der Waals surface area contributed by atoms with Gasteiger partial charge < -0.3 is 19.3 Å². The molecular weight excluding hydrogens is 573 g/mol. The number of nitrogens with zero attached hydrogens (tertiary/aromatic N) is 6. The molecular formula is C29H32ClF3N6O3. The second-order valence-electron chi connectivity index (χ2n) is 10.9. The van der Waals surface area contributed by atoms with Gasteiger partial charge in [0, 0.05) is 31.0 Å². The number of hydrogen-bond donors (Lipinski definition) is 1. The van der Waals surface area contributed by atoms with E-state index in [4.69, 9.17) is 20.9 Å². The van der Waals surface area contributed by atoms with Crippen molar-refractivity contribution in [2.45, 2.75) is 57.9 Å². The fourth-order valence-corrected chi connectivity index (χ4v) is 5.24. The molecule has 42 heavy (non-hydrogen) atoms. The van der Waals surface area contributed by atoms with Crippen LogP contribution in [-0.4, -0.2) is 66.8 Å². The standard InChI is InChI=1S/C29H32ClF3N6O3/c1-28(2,40)10-16-39-26(29(31,32)33)20(18-36-39)25-22(27-34-11-6-12-35-27)24(37-42-25)19-8-5-9-21(23(19)30)41-17-7-15-38-13-3-4-14-38/h5-6,8-9,11-12,18,40H,3-4,7,10,13-17H2,1-2H3. The van der Waals surface area contributed by atoms with Gasteiger partial charge in [-0.25, -0.2) is 9.97 Å². The van der Waals surface area contributed by atoms with Crippen LogP contribution in [0.2, 0.25) is 5.02 Å². The molecule has 9 nitrogen and oxygen atoms in total. The van der Waals surface area contributed by atoms with Crippen molar-refractivity contribution in [2.75, 3.05) is 26.2 Å². The monoisotopic (exact) mass is 604 g/mol. The van der Waals surface area contributed by atoms with E-state index in [0.29, 0.717) is 17.9 Å². The molecule has 224 valence electrons. The highest BCUT2D eigenvalue weighted by atomic mass is 35.5. The second kappa shape index (κ2) is 12.4. The van der Waals surface area contributed by atoms with Crippen molar-refractivity contribution in [3.05, 3.63) is 53.6 Å². The molecule has 0 saturated carbocycles. The van der Waals surface area contributed by atoms with E-state index in [0.717, 1.165) is 36.9 Å². The topological polar surface area (TPSA) is 102 Å². The molecule has 1 saturated heterocycles. The highest BCUT2D eigenvalue weighted by Gasteiger charge is 2.41. The van der Waals surface area contributed by atoms with Crippen molar-refractivity contribution in [1.29, 1.82) is 0 Å². The van der Waals surface area contributed by atoms with Crippen molar-refractivity contribution >= 4 is 11.6 Å². The minimum Gasteiger partial charge on any atom is -0.492 e. The Morgan fingerprint density at radius 3 is 2.48 bits per heavy atom. The first-order valence-electron chi connectivity index (χ1n) is 13.8. The van der Waals surface area contributed by atoms with Crippen molar-refractivity contribution in [3.63, 3.8) is 0 Å². The van der Waals surface area contributed by atoms with E-state index in [1.54, 1.807) is 24.3 Å². The molecule has 1 aliphatic rings. The molecule has 0 radical (unpaired) electrons. The lowest BCUT2D eigenvalue weighted by Gasteiger charge is -2.18. The van der Waals surface area contributed by atoms with Crippen molar-refractivity contribution in [3.8, 4) is 39.7 Å². The van der Waals surface area contributed by atoms with Gasteiger partial charge in [-0.3, -0.25) is 4.68 Å². The number of benzene rings is 1. The molecule has 1 fully saturated rings. The first-order valence-corrected chi connectivity index (χ1v) is 14.2. The van der Waals surface area contributed by atoms with Crippen molar-refractivity contribution < 1.29 is 27.5 Å². The van der Waals surface area contributed by atoms with Gasteiger partial charge in [-0.15, -0.1) is 0 Å². The lowest BCUT2D eigenvalue weighted by Crippen LogP contribution is -2.24. The Kier molecular flexibility index (Phi) is 8.86. The van der Waals surface area contributed by atoms with Gasteiger partial charge in [-0.1, -0.05) is 28.9 Å². The van der Waals surface area contributed by atoms with Gasteiger partial charge in [0.25, 0.3) is 0 Å². The summed E-state index contributed by atoms with van der Waals surface area (Å²) in [5.41, 5.74) is -1.85. The van der Waals surface area contributed by atoms with Crippen LogP contribution in [0.15, 0.2) is 47.4 Å². The number of hydrogen-bond acceptors (Lipinski definition) is 8. The molecule has 3 aromatic heterocycles. The van der Waals surface area contributed by atoms with Crippen molar-refractivity contribution in [1.82, 2.24) is 29.8 Å². The number of aryl methyl sites for hydroxylation is 1. The Bertz CT molecular complexity index is 1490. The fraction of sp³-hybridized carbons (Fsp3) is 0.448. The summed E-state index contributed by atoms with van der Waals surface area (Å²) in [5, 5.41) is 18.5. The lowest BCUT2D eigenvalue weighted by atomic mass is 10.0. The first kappa shape index (κ1) is 30.0. The summed E-state index contributed by atoms with van der Waals surface area (Å²) in [7, 11) is 0. The van der Waals surface area contributed by atoms with Crippen molar-refractivity contribution in [2.24, 2.45) is 0 Å². The van der Waals surface area contributed by atoms with E-state index in [-0.39, 0.29) is 46.4 Å². The summed E-state index contributed by atoms with van der Waals surface area (Å²) in [6, 6.07) is 6.74. The van der Waals surface area contributed by atoms with Gasteiger partial charge in [0.05, 0.1) is 34.6 Å². The van der Waals surface area contributed by atoms with Crippen LogP contribution < -0.4 is 4.74 Å². The van der Waals surface area contributed by atoms with E-state index < -0.39 is 17.5 Å². The smallest absolute Gasteiger partial charge is 0.433 e. The van der Waals surface area contributed by atoms with E-state index in [2.05, 4.69) is 25.1 Å². The second-order valence-corrected chi connectivity index (χ2v) is 11.2. The molecule has 4 aromatic rings. The van der Waals surface area contributed by atoms with E-state index in [1.807, 2.05) is 0 Å². The van der Waals surface area contributed by atoms with E-state index >= 15 is 0 Å². The maximum atomic E-state index is 14.4. The molecule has 0 bridgehead atoms. The Labute approximate surface area is 246 Å². The third-order valence-electron chi connectivity index (χ3n) is 7.06. The zero-order valence-electron chi connectivity index (χ0n) is 23.4. The van der Waals surface area contributed by atoms with Crippen LogP contribution in [0.3, 0.4) is 0 Å². The van der Waals surface area contributed by atoms with Crippen LogP contribution in [0.4, 0.5) is 13.2 Å². The largest absolute Gasteiger partial charge is 0.492 e. The summed E-state index contributed by atoms with van der Waals surface area (Å²) in [4.78, 5) is 11.0. The number of likely N-dealkylation sites (tertiary alicyclic amines) is 1. The fourth-order valence-electron chi connectivity index (χ4n) is 4.97. The van der Waals surface area contributed by atoms with Crippen LogP contribution in [0, 0.1) is 0 Å². The molecule has 1 aromatic carbocycles. The number of alkyl halides is 3. The summed E-state index contributed by atoms with van der Waals surface area (Å²) in [5.74, 6) is 0.329. The predicted molar refractivity (Wildman–Crippen MR) is 151 cm³/mol. The highest BCUT2D eigenvalue weighted by Crippen LogP contribution is 2.46. The summed E-state index contributed by atoms with van der Waals surface area (Å²) < 4.78 is 55.7. The Hall–Kier alpha value is -3.48. The maximum Gasteiger partial charge on any atom is 0.433 e. The minimum absolute atomic E-state index is 0.0495. The van der Waals surface area contributed by atoms with Gasteiger partial charge >= 0.3 is 6.18 Å². The van der Waals surface area contributed by atoms with Gasteiger partial charge in [0.1, 0.15) is 11.4 Å². The molecule has 4 heterocycles. The number of aliphatic hydroxyl groups is 1. The maximum absolute atomic E-state index is 14.4. The normalized spacial score (nSPS) is 14.5. The molecule has 1 N–H and O–H groups in total. The molecule has 1 aliphatic heterocycles. The quantitative estimate of drug-likeness (QED) is 0.197. The molecule has 0 spiro atoms. The molecule has 13 heteroatoms. The SMILES string of the molecule is CC(C)(O)CCn1ncc(-c2onc(-c3cccc(OCCCN4CCCC4)c3Cl)c2-c2ncccn2)c1C(F)(F)F. The molecule has 5 rings (SSSR count). The third-order valence-corrected chi connectivity index (χ3v) is 7.45. The minimum atomic E-state index is -4.78. The number of rotatable bonds is 11. The highest BCUT2D eigenvalue weighted by molar-refractivity contribution is 6.35.